The van der Waals surface area contributed by atoms with Gasteiger partial charge >= 0.3 is 5.97 Å². The molecule has 6 heteroatoms. The maximum atomic E-state index is 11.6. The Bertz CT molecular complexity index is 1000. The average molecular weight is 451 g/mol. The van der Waals surface area contributed by atoms with Crippen LogP contribution in [0.5, 0.6) is 17.2 Å². The molecule has 1 unspecified atom stereocenters. The number of benzene rings is 3. The van der Waals surface area contributed by atoms with E-state index >= 15 is 0 Å². The van der Waals surface area contributed by atoms with Crippen molar-refractivity contribution in [3.05, 3.63) is 78.4 Å². The molecule has 0 heterocycles. The zero-order chi connectivity index (χ0) is 23.5. The average Bonchev–Trinajstić information content (AvgIpc) is 2.85. The van der Waals surface area contributed by atoms with Crippen LogP contribution in [0.1, 0.15) is 18.9 Å². The first-order valence-corrected chi connectivity index (χ1v) is 11.0. The number of carbonyl (C=O) groups is 1. The molecule has 3 aromatic rings. The van der Waals surface area contributed by atoms with Crippen molar-refractivity contribution >= 4 is 5.97 Å². The summed E-state index contributed by atoms with van der Waals surface area (Å²) in [5, 5.41) is 9.94. The van der Waals surface area contributed by atoms with Gasteiger partial charge in [0.2, 0.25) is 0 Å². The van der Waals surface area contributed by atoms with Gasteiger partial charge in [0.05, 0.1) is 26.9 Å². The molecule has 33 heavy (non-hydrogen) atoms. The summed E-state index contributed by atoms with van der Waals surface area (Å²) in [6.07, 6.45) is -0.362. The van der Waals surface area contributed by atoms with Gasteiger partial charge in [0.25, 0.3) is 0 Å². The fourth-order valence-electron chi connectivity index (χ4n) is 3.31. The molecule has 0 bridgehead atoms. The van der Waals surface area contributed by atoms with Crippen LogP contribution in [-0.4, -0.2) is 44.1 Å². The minimum absolute atomic E-state index is 0.145. The van der Waals surface area contributed by atoms with Crippen LogP contribution >= 0.6 is 0 Å². The first kappa shape index (κ1) is 24.1. The molecule has 0 aliphatic heterocycles. The Morgan fingerprint density at radius 3 is 2.27 bits per heavy atom. The predicted molar refractivity (Wildman–Crippen MR) is 127 cm³/mol. The Kier molecular flexibility index (Phi) is 9.15. The highest BCUT2D eigenvalue weighted by molar-refractivity contribution is 5.74. The zero-order valence-corrected chi connectivity index (χ0v) is 19.0. The normalized spacial score (nSPS) is 11.5. The van der Waals surface area contributed by atoms with Crippen LogP contribution in [0.15, 0.2) is 72.8 Å². The van der Waals surface area contributed by atoms with Gasteiger partial charge in [0.1, 0.15) is 5.75 Å². The third-order valence-corrected chi connectivity index (χ3v) is 4.99. The monoisotopic (exact) mass is 450 g/mol. The molecular weight excluding hydrogens is 420 g/mol. The van der Waals surface area contributed by atoms with Gasteiger partial charge in [-0.25, -0.2) is 4.79 Å². The second kappa shape index (κ2) is 12.5. The summed E-state index contributed by atoms with van der Waals surface area (Å²) >= 11 is 0. The fraction of sp³-hybridized carbons (Fsp3) is 0.296. The molecule has 6 nitrogen and oxygen atoms in total. The standard InChI is InChI=1S/C27H30O6/c1-3-31-27(29)24(28)18-20-10-15-25(26(19-20)30-2)33-17-7-16-32-23-13-11-22(12-14-23)21-8-5-4-6-9-21/h4-6,8-15,19,24,28H,3,7,16-18H2,1-2H3. The van der Waals surface area contributed by atoms with Crippen molar-refractivity contribution in [2.24, 2.45) is 0 Å². The number of esters is 1. The molecule has 0 saturated carbocycles. The lowest BCUT2D eigenvalue weighted by molar-refractivity contribution is -0.152. The van der Waals surface area contributed by atoms with Crippen molar-refractivity contribution < 1.29 is 28.8 Å². The lowest BCUT2D eigenvalue weighted by Crippen LogP contribution is -2.25. The van der Waals surface area contributed by atoms with Crippen molar-refractivity contribution in [1.82, 2.24) is 0 Å². The van der Waals surface area contributed by atoms with Crippen LogP contribution in [0.3, 0.4) is 0 Å². The van der Waals surface area contributed by atoms with E-state index in [1.165, 1.54) is 5.56 Å². The summed E-state index contributed by atoms with van der Waals surface area (Å²) in [7, 11) is 1.55. The number of hydrogen-bond acceptors (Lipinski definition) is 6. The maximum Gasteiger partial charge on any atom is 0.335 e. The van der Waals surface area contributed by atoms with Crippen LogP contribution < -0.4 is 14.2 Å². The number of hydrogen-bond donors (Lipinski definition) is 1. The third-order valence-electron chi connectivity index (χ3n) is 4.99. The highest BCUT2D eigenvalue weighted by Crippen LogP contribution is 2.29. The molecule has 0 aliphatic carbocycles. The Morgan fingerprint density at radius 2 is 1.58 bits per heavy atom. The van der Waals surface area contributed by atoms with Gasteiger partial charge in [-0.2, -0.15) is 0 Å². The van der Waals surface area contributed by atoms with Gasteiger partial charge in [-0.15, -0.1) is 0 Å². The SMILES string of the molecule is CCOC(=O)C(O)Cc1ccc(OCCCOc2ccc(-c3ccccc3)cc2)c(OC)c1. The number of aliphatic hydroxyl groups excluding tert-OH is 1. The zero-order valence-electron chi connectivity index (χ0n) is 19.0. The molecule has 0 amide bonds. The maximum absolute atomic E-state index is 11.6. The van der Waals surface area contributed by atoms with Gasteiger partial charge in [-0.05, 0) is 47.9 Å². The summed E-state index contributed by atoms with van der Waals surface area (Å²) < 4.78 is 21.9. The van der Waals surface area contributed by atoms with E-state index in [-0.39, 0.29) is 13.0 Å². The first-order chi connectivity index (χ1) is 16.1. The van der Waals surface area contributed by atoms with Crippen LogP contribution in [0.25, 0.3) is 11.1 Å². The molecule has 0 saturated heterocycles. The second-order valence-electron chi connectivity index (χ2n) is 7.40. The largest absolute Gasteiger partial charge is 0.493 e. The molecule has 0 spiro atoms. The van der Waals surface area contributed by atoms with Crippen molar-refractivity contribution in [3.8, 4) is 28.4 Å². The first-order valence-electron chi connectivity index (χ1n) is 11.0. The topological polar surface area (TPSA) is 74.2 Å². The minimum atomic E-state index is -1.21. The van der Waals surface area contributed by atoms with E-state index in [1.54, 1.807) is 32.2 Å². The molecular formula is C27H30O6. The summed E-state index contributed by atoms with van der Waals surface area (Å²) in [5.74, 6) is 1.32. The Morgan fingerprint density at radius 1 is 0.879 bits per heavy atom. The number of methoxy groups -OCH3 is 1. The lowest BCUT2D eigenvalue weighted by Gasteiger charge is -2.14. The molecule has 0 aliphatic rings. The smallest absolute Gasteiger partial charge is 0.335 e. The van der Waals surface area contributed by atoms with Crippen LogP contribution in [0, 0.1) is 0 Å². The molecule has 0 fully saturated rings. The summed E-state index contributed by atoms with van der Waals surface area (Å²) in [6.45, 7) is 2.92. The number of ether oxygens (including phenoxy) is 4. The van der Waals surface area contributed by atoms with Crippen LogP contribution in [0.4, 0.5) is 0 Å². The highest BCUT2D eigenvalue weighted by Gasteiger charge is 2.17. The molecule has 0 aromatic heterocycles. The Labute approximate surface area is 194 Å². The van der Waals surface area contributed by atoms with Crippen molar-refractivity contribution in [2.45, 2.75) is 25.9 Å². The summed E-state index contributed by atoms with van der Waals surface area (Å²) in [6, 6.07) is 23.6. The van der Waals surface area contributed by atoms with Crippen molar-refractivity contribution in [1.29, 1.82) is 0 Å². The summed E-state index contributed by atoms with van der Waals surface area (Å²) in [5.41, 5.74) is 3.08. The summed E-state index contributed by atoms with van der Waals surface area (Å²) in [4.78, 5) is 11.6. The van der Waals surface area contributed by atoms with Crippen LogP contribution in [-0.2, 0) is 16.0 Å². The van der Waals surface area contributed by atoms with E-state index in [9.17, 15) is 9.90 Å². The van der Waals surface area contributed by atoms with E-state index in [2.05, 4.69) is 12.1 Å². The quantitative estimate of drug-likeness (QED) is 0.319. The molecule has 3 rings (SSSR count). The number of rotatable bonds is 12. The second-order valence-corrected chi connectivity index (χ2v) is 7.40. The molecule has 3 aromatic carbocycles. The minimum Gasteiger partial charge on any atom is -0.493 e. The molecule has 0 radical (unpaired) electrons. The lowest BCUT2D eigenvalue weighted by atomic mass is 10.1. The Balaban J connectivity index is 1.44. The Hall–Kier alpha value is -3.51. The predicted octanol–water partition coefficient (Wildman–Crippen LogP) is 4.68. The molecule has 1 N–H and O–H groups in total. The van der Waals surface area contributed by atoms with E-state index in [4.69, 9.17) is 18.9 Å². The van der Waals surface area contributed by atoms with Gasteiger partial charge in [-0.3, -0.25) is 0 Å². The van der Waals surface area contributed by atoms with Crippen molar-refractivity contribution in [3.63, 3.8) is 0 Å². The number of aliphatic hydroxyl groups is 1. The fourth-order valence-corrected chi connectivity index (χ4v) is 3.31. The van der Waals surface area contributed by atoms with Gasteiger partial charge in [-0.1, -0.05) is 48.5 Å². The van der Waals surface area contributed by atoms with Crippen molar-refractivity contribution in [2.75, 3.05) is 26.9 Å². The van der Waals surface area contributed by atoms with E-state index in [0.29, 0.717) is 31.1 Å². The number of carbonyl (C=O) groups excluding carboxylic acids is 1. The highest BCUT2D eigenvalue weighted by atomic mass is 16.5. The van der Waals surface area contributed by atoms with Crippen LogP contribution in [0.2, 0.25) is 0 Å². The third kappa shape index (κ3) is 7.26. The van der Waals surface area contributed by atoms with Gasteiger partial charge < -0.3 is 24.1 Å². The van der Waals surface area contributed by atoms with E-state index in [1.807, 2.05) is 42.5 Å². The van der Waals surface area contributed by atoms with E-state index < -0.39 is 12.1 Å². The molecule has 174 valence electrons. The van der Waals surface area contributed by atoms with E-state index in [0.717, 1.165) is 16.9 Å². The van der Waals surface area contributed by atoms with Gasteiger partial charge in [0.15, 0.2) is 17.6 Å². The molecule has 1 atom stereocenters. The van der Waals surface area contributed by atoms with Gasteiger partial charge in [0, 0.05) is 12.8 Å².